The zero-order chi connectivity index (χ0) is 13.0. The number of anilines is 2. The number of nitrogens with two attached hydrogens (primary N) is 2. The van der Waals surface area contributed by atoms with Crippen molar-refractivity contribution in [1.82, 2.24) is 15.1 Å². The minimum Gasteiger partial charge on any atom is -0.394 e. The number of amides is 2. The van der Waals surface area contributed by atoms with E-state index in [1.165, 1.54) is 0 Å². The van der Waals surface area contributed by atoms with E-state index >= 15 is 0 Å². The van der Waals surface area contributed by atoms with Gasteiger partial charge in [0.15, 0.2) is 0 Å². The van der Waals surface area contributed by atoms with Crippen LogP contribution in [-0.2, 0) is 0 Å². The van der Waals surface area contributed by atoms with Gasteiger partial charge in [0, 0.05) is 19.1 Å². The topological polar surface area (TPSA) is 111 Å². The van der Waals surface area contributed by atoms with E-state index in [-0.39, 0.29) is 6.04 Å². The van der Waals surface area contributed by atoms with Gasteiger partial charge in [-0.1, -0.05) is 0 Å². The molecule has 17 heavy (non-hydrogen) atoms. The Kier molecular flexibility index (Phi) is 4.19. The number of primary amides is 1. The third-order valence-corrected chi connectivity index (χ3v) is 2.34. The first-order valence-electron chi connectivity index (χ1n) is 5.55. The van der Waals surface area contributed by atoms with Crippen molar-refractivity contribution in [3.05, 3.63) is 5.69 Å². The molecule has 1 rings (SSSR count). The van der Waals surface area contributed by atoms with Crippen molar-refractivity contribution >= 4 is 17.5 Å². The third kappa shape index (κ3) is 3.27. The van der Waals surface area contributed by atoms with E-state index in [9.17, 15) is 4.79 Å². The maximum Gasteiger partial charge on any atom is 0.312 e. The van der Waals surface area contributed by atoms with Gasteiger partial charge in [0.1, 0.15) is 5.82 Å². The summed E-state index contributed by atoms with van der Waals surface area (Å²) in [5.74, 6) is 0.781. The van der Waals surface area contributed by atoms with E-state index in [2.05, 4.69) is 15.7 Å². The van der Waals surface area contributed by atoms with Crippen LogP contribution in [0.5, 0.6) is 0 Å². The number of hydrogen-bond donors (Lipinski definition) is 4. The SMILES string of the molecule is Cc1nn(C(C)C)c(NCCNC(N)=O)c1N. The van der Waals surface area contributed by atoms with E-state index in [4.69, 9.17) is 11.5 Å². The van der Waals surface area contributed by atoms with Gasteiger partial charge >= 0.3 is 6.03 Å². The lowest BCUT2D eigenvalue weighted by molar-refractivity contribution is 0.249. The van der Waals surface area contributed by atoms with Crippen molar-refractivity contribution in [2.45, 2.75) is 26.8 Å². The molecule has 2 amide bonds. The van der Waals surface area contributed by atoms with Crippen molar-refractivity contribution in [1.29, 1.82) is 0 Å². The number of urea groups is 1. The summed E-state index contributed by atoms with van der Waals surface area (Å²) in [6.45, 7) is 6.90. The summed E-state index contributed by atoms with van der Waals surface area (Å²) in [7, 11) is 0. The Morgan fingerprint density at radius 1 is 1.47 bits per heavy atom. The monoisotopic (exact) mass is 240 g/mol. The maximum atomic E-state index is 10.5. The third-order valence-electron chi connectivity index (χ3n) is 2.34. The molecule has 0 atom stereocenters. The number of carbonyl (C=O) groups excluding carboxylic acids is 1. The van der Waals surface area contributed by atoms with Gasteiger partial charge in [-0.15, -0.1) is 0 Å². The lowest BCUT2D eigenvalue weighted by atomic mass is 10.3. The Morgan fingerprint density at radius 3 is 2.65 bits per heavy atom. The minimum atomic E-state index is -0.534. The van der Waals surface area contributed by atoms with Gasteiger partial charge in [-0.3, -0.25) is 0 Å². The Morgan fingerprint density at radius 2 is 2.12 bits per heavy atom. The molecule has 1 aromatic heterocycles. The predicted octanol–water partition coefficient (Wildman–Crippen LogP) is 0.435. The fourth-order valence-corrected chi connectivity index (χ4v) is 1.48. The number of nitrogens with zero attached hydrogens (tertiary/aromatic N) is 2. The number of nitrogens with one attached hydrogen (secondary N) is 2. The molecular formula is C10H20N6O. The van der Waals surface area contributed by atoms with Crippen LogP contribution in [0.1, 0.15) is 25.6 Å². The van der Waals surface area contributed by atoms with Crippen molar-refractivity contribution in [2.24, 2.45) is 5.73 Å². The molecule has 0 spiro atoms. The Hall–Kier alpha value is -1.92. The molecule has 1 heterocycles. The standard InChI is InChI=1S/C10H20N6O/c1-6(2)16-9(8(11)7(3)15-16)13-4-5-14-10(12)17/h6,13H,4-5,11H2,1-3H3,(H3,12,14,17). The molecule has 0 radical (unpaired) electrons. The van der Waals surface area contributed by atoms with Gasteiger partial charge in [0.2, 0.25) is 0 Å². The van der Waals surface area contributed by atoms with Crippen LogP contribution in [0.15, 0.2) is 0 Å². The first kappa shape index (κ1) is 13.1. The summed E-state index contributed by atoms with van der Waals surface area (Å²) in [6, 6.07) is -0.314. The number of carbonyl (C=O) groups is 1. The summed E-state index contributed by atoms with van der Waals surface area (Å²) in [4.78, 5) is 10.5. The van der Waals surface area contributed by atoms with Gasteiger partial charge in [0.25, 0.3) is 0 Å². The van der Waals surface area contributed by atoms with E-state index in [0.29, 0.717) is 18.8 Å². The minimum absolute atomic E-state index is 0.220. The van der Waals surface area contributed by atoms with Gasteiger partial charge < -0.3 is 22.1 Å². The molecule has 0 saturated heterocycles. The van der Waals surface area contributed by atoms with E-state index in [0.717, 1.165) is 11.5 Å². The van der Waals surface area contributed by atoms with Gasteiger partial charge in [-0.2, -0.15) is 5.10 Å². The molecule has 0 aliphatic rings. The molecule has 0 bridgehead atoms. The van der Waals surface area contributed by atoms with E-state index < -0.39 is 6.03 Å². The summed E-state index contributed by atoms with van der Waals surface area (Å²) in [6.07, 6.45) is 0. The fourth-order valence-electron chi connectivity index (χ4n) is 1.48. The van der Waals surface area contributed by atoms with Crippen LogP contribution in [0.2, 0.25) is 0 Å². The molecule has 6 N–H and O–H groups in total. The van der Waals surface area contributed by atoms with Crippen LogP contribution in [-0.4, -0.2) is 28.9 Å². The molecule has 0 aliphatic carbocycles. The predicted molar refractivity (Wildman–Crippen MR) is 67.8 cm³/mol. The molecule has 0 unspecified atom stereocenters. The summed E-state index contributed by atoms with van der Waals surface area (Å²) >= 11 is 0. The number of rotatable bonds is 5. The summed E-state index contributed by atoms with van der Waals surface area (Å²) in [5.41, 5.74) is 12.3. The van der Waals surface area contributed by atoms with Crippen molar-refractivity contribution < 1.29 is 4.79 Å². The van der Waals surface area contributed by atoms with Gasteiger partial charge in [0.05, 0.1) is 11.4 Å². The Bertz CT molecular complexity index is 398. The lowest BCUT2D eigenvalue weighted by Crippen LogP contribution is -2.33. The van der Waals surface area contributed by atoms with Gasteiger partial charge in [-0.05, 0) is 20.8 Å². The molecule has 7 nitrogen and oxygen atoms in total. The van der Waals surface area contributed by atoms with E-state index in [1.807, 2.05) is 25.5 Å². The normalized spacial score (nSPS) is 10.6. The molecule has 0 aromatic carbocycles. The molecule has 7 heteroatoms. The highest BCUT2D eigenvalue weighted by atomic mass is 16.2. The highest BCUT2D eigenvalue weighted by Gasteiger charge is 2.13. The summed E-state index contributed by atoms with van der Waals surface area (Å²) in [5, 5.41) is 9.98. The molecule has 0 aliphatic heterocycles. The quantitative estimate of drug-likeness (QED) is 0.559. The van der Waals surface area contributed by atoms with Crippen molar-refractivity contribution in [3.63, 3.8) is 0 Å². The highest BCUT2D eigenvalue weighted by molar-refractivity contribution is 5.71. The molecule has 1 aromatic rings. The Labute approximate surface area is 101 Å². The van der Waals surface area contributed by atoms with E-state index in [1.54, 1.807) is 0 Å². The van der Waals surface area contributed by atoms with Crippen LogP contribution in [0.3, 0.4) is 0 Å². The average Bonchev–Trinajstić information content (AvgIpc) is 2.51. The van der Waals surface area contributed by atoms with Crippen molar-refractivity contribution in [3.8, 4) is 0 Å². The Balaban J connectivity index is 2.66. The average molecular weight is 240 g/mol. The number of hydrogen-bond acceptors (Lipinski definition) is 4. The number of aryl methyl sites for hydroxylation is 1. The first-order valence-corrected chi connectivity index (χ1v) is 5.55. The highest BCUT2D eigenvalue weighted by Crippen LogP contribution is 2.24. The molecular weight excluding hydrogens is 220 g/mol. The first-order chi connectivity index (χ1) is 7.93. The zero-order valence-electron chi connectivity index (χ0n) is 10.4. The van der Waals surface area contributed by atoms with Crippen LogP contribution < -0.4 is 22.1 Å². The van der Waals surface area contributed by atoms with Crippen LogP contribution >= 0.6 is 0 Å². The summed E-state index contributed by atoms with van der Waals surface area (Å²) < 4.78 is 1.83. The second-order valence-electron chi connectivity index (χ2n) is 4.10. The second-order valence-corrected chi connectivity index (χ2v) is 4.10. The fraction of sp³-hybridized carbons (Fsp3) is 0.600. The van der Waals surface area contributed by atoms with Crippen LogP contribution in [0, 0.1) is 6.92 Å². The zero-order valence-corrected chi connectivity index (χ0v) is 10.4. The van der Waals surface area contributed by atoms with Crippen LogP contribution in [0.4, 0.5) is 16.3 Å². The second kappa shape index (κ2) is 5.42. The van der Waals surface area contributed by atoms with Crippen LogP contribution in [0.25, 0.3) is 0 Å². The molecule has 96 valence electrons. The van der Waals surface area contributed by atoms with Gasteiger partial charge in [-0.25, -0.2) is 9.48 Å². The van der Waals surface area contributed by atoms with Crippen molar-refractivity contribution in [2.75, 3.05) is 24.1 Å². The number of aromatic nitrogens is 2. The largest absolute Gasteiger partial charge is 0.394 e. The maximum absolute atomic E-state index is 10.5. The number of nitrogen functional groups attached to an aromatic ring is 1. The molecule has 0 fully saturated rings. The molecule has 0 saturated carbocycles. The smallest absolute Gasteiger partial charge is 0.312 e. The lowest BCUT2D eigenvalue weighted by Gasteiger charge is -2.13.